The molecule has 2 aromatic carbocycles. The van der Waals surface area contributed by atoms with Crippen LogP contribution < -0.4 is 19.5 Å². The number of ether oxygens (including phenoxy) is 3. The minimum atomic E-state index is 0.0491. The number of benzene rings is 2. The Morgan fingerprint density at radius 1 is 0.968 bits per heavy atom. The van der Waals surface area contributed by atoms with Crippen molar-refractivity contribution in [2.45, 2.75) is 25.3 Å². The Hall–Kier alpha value is -2.09. The van der Waals surface area contributed by atoms with Gasteiger partial charge in [0.1, 0.15) is 5.75 Å². The minimum Gasteiger partial charge on any atom is -0.496 e. The molecular formula is C24H31BrN2O4. The maximum atomic E-state index is 12.7. The number of halogens is 1. The van der Waals surface area contributed by atoms with E-state index >= 15 is 0 Å². The molecule has 1 saturated heterocycles. The molecule has 0 aliphatic carbocycles. The summed E-state index contributed by atoms with van der Waals surface area (Å²) < 4.78 is 16.9. The Morgan fingerprint density at radius 3 is 2.29 bits per heavy atom. The average molecular weight is 491 g/mol. The van der Waals surface area contributed by atoms with Gasteiger partial charge in [-0.25, -0.2) is 0 Å². The number of carbonyl (C=O) groups excluding carboxylic acids is 1. The molecule has 0 aromatic heterocycles. The average Bonchev–Trinajstić information content (AvgIpc) is 2.81. The Bertz CT molecular complexity index is 884. The molecule has 0 radical (unpaired) electrons. The lowest BCUT2D eigenvalue weighted by Gasteiger charge is -2.35. The van der Waals surface area contributed by atoms with Crippen molar-refractivity contribution < 1.29 is 19.0 Å². The van der Waals surface area contributed by atoms with Gasteiger partial charge in [0, 0.05) is 18.2 Å². The van der Waals surface area contributed by atoms with Crippen LogP contribution in [0.4, 0.5) is 0 Å². The first-order valence-corrected chi connectivity index (χ1v) is 11.4. The van der Waals surface area contributed by atoms with Crippen molar-refractivity contribution in [2.24, 2.45) is 0 Å². The number of methoxy groups -OCH3 is 3. The number of nitrogens with zero attached hydrogens (tertiary/aromatic N) is 1. The van der Waals surface area contributed by atoms with Crippen LogP contribution >= 0.6 is 15.9 Å². The first-order chi connectivity index (χ1) is 15.1. The number of likely N-dealkylation sites (tertiary alicyclic amines) is 1. The van der Waals surface area contributed by atoms with Crippen LogP contribution in [-0.4, -0.2) is 58.2 Å². The van der Waals surface area contributed by atoms with Crippen LogP contribution in [0.2, 0.25) is 0 Å². The molecular weight excluding hydrogens is 460 g/mol. The molecule has 0 bridgehead atoms. The lowest BCUT2D eigenvalue weighted by Crippen LogP contribution is -2.40. The summed E-state index contributed by atoms with van der Waals surface area (Å²) in [6.07, 6.45) is 3.67. The quantitative estimate of drug-likeness (QED) is 0.495. The van der Waals surface area contributed by atoms with E-state index in [0.29, 0.717) is 17.9 Å². The molecule has 1 heterocycles. The highest BCUT2D eigenvalue weighted by Crippen LogP contribution is 2.33. The SMILES string of the molecule is COc1ccc(C(=O)CNCC(c2ccc(OC)c(OC)c2)N2CCCCC2)cc1Br. The third kappa shape index (κ3) is 5.99. The van der Waals surface area contributed by atoms with Crippen molar-refractivity contribution in [1.82, 2.24) is 10.2 Å². The van der Waals surface area contributed by atoms with E-state index in [1.54, 1.807) is 39.5 Å². The number of hydrogen-bond acceptors (Lipinski definition) is 6. The largest absolute Gasteiger partial charge is 0.496 e. The minimum absolute atomic E-state index is 0.0491. The summed E-state index contributed by atoms with van der Waals surface area (Å²) >= 11 is 3.45. The lowest BCUT2D eigenvalue weighted by atomic mass is 10.0. The highest BCUT2D eigenvalue weighted by atomic mass is 79.9. The summed E-state index contributed by atoms with van der Waals surface area (Å²) in [6.45, 7) is 3.06. The highest BCUT2D eigenvalue weighted by Gasteiger charge is 2.23. The summed E-state index contributed by atoms with van der Waals surface area (Å²) in [6, 6.07) is 11.6. The molecule has 1 fully saturated rings. The van der Waals surface area contributed by atoms with Gasteiger partial charge in [-0.1, -0.05) is 12.5 Å². The molecule has 6 nitrogen and oxygen atoms in total. The summed E-state index contributed by atoms with van der Waals surface area (Å²) in [4.78, 5) is 15.2. The molecule has 1 atom stereocenters. The monoisotopic (exact) mass is 490 g/mol. The van der Waals surface area contributed by atoms with E-state index < -0.39 is 0 Å². The van der Waals surface area contributed by atoms with Crippen LogP contribution in [0, 0.1) is 0 Å². The molecule has 1 aliphatic heterocycles. The molecule has 3 rings (SSSR count). The van der Waals surface area contributed by atoms with Crippen LogP contribution in [-0.2, 0) is 0 Å². The third-order valence-electron chi connectivity index (χ3n) is 5.72. The van der Waals surface area contributed by atoms with Gasteiger partial charge in [0.05, 0.1) is 32.3 Å². The van der Waals surface area contributed by atoms with E-state index in [2.05, 4.69) is 32.2 Å². The topological polar surface area (TPSA) is 60.0 Å². The fourth-order valence-electron chi connectivity index (χ4n) is 4.01. The zero-order valence-corrected chi connectivity index (χ0v) is 20.0. The number of Topliss-reactive ketones (excluding diaryl/α,β-unsaturated/α-hetero) is 1. The molecule has 1 unspecified atom stereocenters. The number of ketones is 1. The number of rotatable bonds is 10. The molecule has 0 amide bonds. The highest BCUT2D eigenvalue weighted by molar-refractivity contribution is 9.10. The van der Waals surface area contributed by atoms with Crippen molar-refractivity contribution >= 4 is 21.7 Å². The predicted molar refractivity (Wildman–Crippen MR) is 126 cm³/mol. The molecule has 2 aromatic rings. The maximum absolute atomic E-state index is 12.7. The van der Waals surface area contributed by atoms with E-state index in [-0.39, 0.29) is 18.4 Å². The van der Waals surface area contributed by atoms with Crippen LogP contribution in [0.15, 0.2) is 40.9 Å². The third-order valence-corrected chi connectivity index (χ3v) is 6.34. The molecule has 168 valence electrons. The molecule has 7 heteroatoms. The first kappa shape index (κ1) is 23.6. The van der Waals surface area contributed by atoms with Gasteiger partial charge in [-0.3, -0.25) is 9.69 Å². The summed E-state index contributed by atoms with van der Waals surface area (Å²) in [5.74, 6) is 2.20. The van der Waals surface area contributed by atoms with Gasteiger partial charge in [-0.05, 0) is 77.8 Å². The zero-order chi connectivity index (χ0) is 22.2. The number of nitrogens with one attached hydrogen (secondary N) is 1. The summed E-state index contributed by atoms with van der Waals surface area (Å²) in [7, 11) is 4.91. The maximum Gasteiger partial charge on any atom is 0.176 e. The van der Waals surface area contributed by atoms with Crippen LogP contribution in [0.1, 0.15) is 41.2 Å². The molecule has 0 spiro atoms. The van der Waals surface area contributed by atoms with E-state index in [4.69, 9.17) is 14.2 Å². The summed E-state index contributed by atoms with van der Waals surface area (Å²) in [5.41, 5.74) is 1.81. The standard InChI is InChI=1S/C24H31BrN2O4/c1-29-22-9-8-18(13-19(22)25)21(28)16-26-15-20(27-11-5-4-6-12-27)17-7-10-23(30-2)24(14-17)31-3/h7-10,13-14,20,26H,4-6,11-12,15-16H2,1-3H3. The van der Waals surface area contributed by atoms with Crippen molar-refractivity contribution in [2.75, 3.05) is 47.5 Å². The van der Waals surface area contributed by atoms with Gasteiger partial charge < -0.3 is 19.5 Å². The Kier molecular flexibility index (Phi) is 8.75. The van der Waals surface area contributed by atoms with E-state index in [1.807, 2.05) is 12.1 Å². The van der Waals surface area contributed by atoms with E-state index in [0.717, 1.165) is 34.6 Å². The van der Waals surface area contributed by atoms with E-state index in [1.165, 1.54) is 19.3 Å². The Labute approximate surface area is 193 Å². The number of hydrogen-bond donors (Lipinski definition) is 1. The van der Waals surface area contributed by atoms with Crippen molar-refractivity contribution in [3.63, 3.8) is 0 Å². The van der Waals surface area contributed by atoms with Crippen LogP contribution in [0.25, 0.3) is 0 Å². The Morgan fingerprint density at radius 2 is 1.65 bits per heavy atom. The normalized spacial score (nSPS) is 15.4. The molecule has 1 aliphatic rings. The zero-order valence-electron chi connectivity index (χ0n) is 18.4. The van der Waals surface area contributed by atoms with Crippen LogP contribution in [0.3, 0.4) is 0 Å². The van der Waals surface area contributed by atoms with Gasteiger partial charge in [0.2, 0.25) is 0 Å². The van der Waals surface area contributed by atoms with Crippen molar-refractivity contribution in [3.8, 4) is 17.2 Å². The van der Waals surface area contributed by atoms with Gasteiger partial charge in [0.15, 0.2) is 17.3 Å². The van der Waals surface area contributed by atoms with Gasteiger partial charge in [0.25, 0.3) is 0 Å². The summed E-state index contributed by atoms with van der Waals surface area (Å²) in [5, 5.41) is 3.38. The van der Waals surface area contributed by atoms with Gasteiger partial charge in [-0.15, -0.1) is 0 Å². The second-order valence-corrected chi connectivity index (χ2v) is 8.48. The second-order valence-electron chi connectivity index (χ2n) is 7.63. The molecule has 0 saturated carbocycles. The van der Waals surface area contributed by atoms with Crippen molar-refractivity contribution in [3.05, 3.63) is 52.0 Å². The fraction of sp³-hybridized carbons (Fsp3) is 0.458. The fourth-order valence-corrected chi connectivity index (χ4v) is 4.55. The Balaban J connectivity index is 1.70. The first-order valence-electron chi connectivity index (χ1n) is 10.6. The van der Waals surface area contributed by atoms with Gasteiger partial charge in [-0.2, -0.15) is 0 Å². The van der Waals surface area contributed by atoms with Crippen molar-refractivity contribution in [1.29, 1.82) is 0 Å². The van der Waals surface area contributed by atoms with Crippen LogP contribution in [0.5, 0.6) is 17.2 Å². The lowest BCUT2D eigenvalue weighted by molar-refractivity contribution is 0.0983. The number of carbonyl (C=O) groups is 1. The van der Waals surface area contributed by atoms with Gasteiger partial charge >= 0.3 is 0 Å². The van der Waals surface area contributed by atoms with E-state index in [9.17, 15) is 4.79 Å². The number of piperidine rings is 1. The molecule has 1 N–H and O–H groups in total. The second kappa shape index (κ2) is 11.5. The predicted octanol–water partition coefficient (Wildman–Crippen LogP) is 4.47. The smallest absolute Gasteiger partial charge is 0.176 e. The molecule has 31 heavy (non-hydrogen) atoms.